The number of nitrogens with one attached hydrogen (secondary N) is 2. The Balaban J connectivity index is 2.31. The number of piperidine rings is 1. The molecule has 1 rings (SSSR count). The minimum absolute atomic E-state index is 0.123. The van der Waals surface area contributed by atoms with Crippen LogP contribution < -0.4 is 10.3 Å². The second-order valence-electron chi connectivity index (χ2n) is 3.51. The van der Waals surface area contributed by atoms with Gasteiger partial charge < -0.3 is 4.90 Å². The number of hydrogen-bond acceptors (Lipinski definition) is 3. The van der Waals surface area contributed by atoms with Crippen LogP contribution in [-0.4, -0.2) is 31.8 Å². The summed E-state index contributed by atoms with van der Waals surface area (Å²) in [5.74, 6) is -0.328. The predicted octanol–water partition coefficient (Wildman–Crippen LogP) is -1.32. The van der Waals surface area contributed by atoms with Gasteiger partial charge in [0.15, 0.2) is 0 Å². The Hall–Kier alpha value is -1.41. The van der Waals surface area contributed by atoms with Crippen molar-refractivity contribution < 1.29 is 9.69 Å². The minimum Gasteiger partial charge on any atom is -0.337 e. The van der Waals surface area contributed by atoms with Crippen molar-refractivity contribution >= 4 is 11.6 Å². The van der Waals surface area contributed by atoms with Crippen molar-refractivity contribution in [3.63, 3.8) is 0 Å². The summed E-state index contributed by atoms with van der Waals surface area (Å²) in [4.78, 5) is 12.4. The molecule has 5 nitrogen and oxygen atoms in total. The molecule has 1 aliphatic heterocycles. The van der Waals surface area contributed by atoms with E-state index in [2.05, 4.69) is 17.6 Å². The Kier molecular flexibility index (Phi) is 4.08. The molecule has 0 spiro atoms. The monoisotopic (exact) mass is 195 g/mol. The van der Waals surface area contributed by atoms with E-state index in [0.717, 1.165) is 31.6 Å². The largest absolute Gasteiger partial charge is 0.337 e. The fourth-order valence-corrected chi connectivity index (χ4v) is 1.33. The Labute approximate surface area is 83.4 Å². The third kappa shape index (κ3) is 3.54. The third-order valence-corrected chi connectivity index (χ3v) is 2.26. The highest BCUT2D eigenvalue weighted by Crippen LogP contribution is 1.93. The van der Waals surface area contributed by atoms with E-state index in [9.17, 15) is 4.79 Å². The molecule has 0 unspecified atom stereocenters. The van der Waals surface area contributed by atoms with Gasteiger partial charge in [-0.25, -0.2) is 5.43 Å². The van der Waals surface area contributed by atoms with Crippen LogP contribution >= 0.6 is 0 Å². The lowest BCUT2D eigenvalue weighted by molar-refractivity contribution is -0.880. The van der Waals surface area contributed by atoms with Gasteiger partial charge in [-0.05, 0) is 0 Å². The molecule has 2 N–H and O–H groups in total. The van der Waals surface area contributed by atoms with Gasteiger partial charge in [0, 0.05) is 18.6 Å². The highest BCUT2D eigenvalue weighted by atomic mass is 16.2. The third-order valence-electron chi connectivity index (χ3n) is 2.26. The van der Waals surface area contributed by atoms with Gasteiger partial charge in [-0.3, -0.25) is 4.79 Å². The maximum atomic E-state index is 10.9. The molecule has 0 aromatic rings. The second-order valence-corrected chi connectivity index (χ2v) is 3.51. The lowest BCUT2D eigenvalue weighted by atomic mass is 10.1. The number of nitrogens with zero attached hydrogens (tertiary/aromatic N) is 2. The molecule has 5 heteroatoms. The number of rotatable bonds is 2. The van der Waals surface area contributed by atoms with E-state index in [-0.39, 0.29) is 12.3 Å². The Morgan fingerprint density at radius 3 is 2.86 bits per heavy atom. The lowest BCUT2D eigenvalue weighted by Crippen LogP contribution is -3.10. The number of nitriles is 1. The summed E-state index contributed by atoms with van der Waals surface area (Å²) in [5, 5.41) is 12.2. The minimum atomic E-state index is -0.328. The molecule has 0 aliphatic carbocycles. The second kappa shape index (κ2) is 5.35. The van der Waals surface area contributed by atoms with Crippen molar-refractivity contribution in [1.82, 2.24) is 5.43 Å². The van der Waals surface area contributed by atoms with E-state index in [1.807, 2.05) is 0 Å². The zero-order valence-electron chi connectivity index (χ0n) is 8.34. The first kappa shape index (κ1) is 10.7. The summed E-state index contributed by atoms with van der Waals surface area (Å²) in [5.41, 5.74) is 3.41. The zero-order valence-corrected chi connectivity index (χ0v) is 8.34. The van der Waals surface area contributed by atoms with Gasteiger partial charge in [-0.15, -0.1) is 0 Å². The van der Waals surface area contributed by atoms with Crippen molar-refractivity contribution in [3.05, 3.63) is 0 Å². The Morgan fingerprint density at radius 2 is 2.29 bits per heavy atom. The number of hydrazone groups is 1. The quantitative estimate of drug-likeness (QED) is 0.537. The molecule has 1 fully saturated rings. The predicted molar refractivity (Wildman–Crippen MR) is 51.7 cm³/mol. The molecule has 0 radical (unpaired) electrons. The van der Waals surface area contributed by atoms with E-state index in [1.54, 1.807) is 6.07 Å². The van der Waals surface area contributed by atoms with Crippen molar-refractivity contribution in [3.8, 4) is 6.07 Å². The topological polar surface area (TPSA) is 69.7 Å². The normalized spacial score (nSPS) is 21.1. The van der Waals surface area contributed by atoms with E-state index >= 15 is 0 Å². The molecule has 1 amide bonds. The van der Waals surface area contributed by atoms with Crippen LogP contribution in [0.1, 0.15) is 19.3 Å². The van der Waals surface area contributed by atoms with Crippen molar-refractivity contribution in [2.75, 3.05) is 20.1 Å². The average Bonchev–Trinajstić information content (AvgIpc) is 2.17. The van der Waals surface area contributed by atoms with Gasteiger partial charge in [0.25, 0.3) is 5.91 Å². The van der Waals surface area contributed by atoms with Crippen LogP contribution in [0.25, 0.3) is 0 Å². The molecule has 0 saturated carbocycles. The number of carbonyl (C=O) groups is 1. The van der Waals surface area contributed by atoms with Crippen LogP contribution in [0.5, 0.6) is 0 Å². The van der Waals surface area contributed by atoms with Crippen LogP contribution in [0.15, 0.2) is 5.10 Å². The van der Waals surface area contributed by atoms with Crippen LogP contribution in [-0.2, 0) is 4.79 Å². The number of hydrogen-bond donors (Lipinski definition) is 2. The number of amides is 1. The van der Waals surface area contributed by atoms with Gasteiger partial charge in [0.05, 0.1) is 26.2 Å². The smallest absolute Gasteiger partial charge is 0.254 e. The van der Waals surface area contributed by atoms with Crippen LogP contribution in [0.3, 0.4) is 0 Å². The average molecular weight is 195 g/mol. The van der Waals surface area contributed by atoms with Gasteiger partial charge in [0.2, 0.25) is 0 Å². The Bertz CT molecular complexity index is 269. The van der Waals surface area contributed by atoms with Crippen LogP contribution in [0.4, 0.5) is 0 Å². The molecule has 0 atom stereocenters. The Morgan fingerprint density at radius 1 is 1.64 bits per heavy atom. The van der Waals surface area contributed by atoms with Gasteiger partial charge in [-0.2, -0.15) is 10.4 Å². The summed E-state index contributed by atoms with van der Waals surface area (Å²) in [6, 6.07) is 1.78. The molecule has 1 saturated heterocycles. The number of carbonyl (C=O) groups excluding carboxylic acids is 1. The summed E-state index contributed by atoms with van der Waals surface area (Å²) in [7, 11) is 2.14. The van der Waals surface area contributed by atoms with E-state index in [0.29, 0.717) is 0 Å². The molecular formula is C9H15N4O+. The SMILES string of the molecule is C[NH+]1CCC(=NNC(=O)CC#N)CC1. The lowest BCUT2D eigenvalue weighted by Gasteiger charge is -2.19. The van der Waals surface area contributed by atoms with Gasteiger partial charge in [-0.1, -0.05) is 0 Å². The molecule has 1 heterocycles. The maximum absolute atomic E-state index is 10.9. The van der Waals surface area contributed by atoms with Crippen LogP contribution in [0, 0.1) is 11.3 Å². The highest BCUT2D eigenvalue weighted by Gasteiger charge is 2.14. The maximum Gasteiger partial charge on any atom is 0.254 e. The fraction of sp³-hybridized carbons (Fsp3) is 0.667. The number of quaternary nitrogens is 1. The number of likely N-dealkylation sites (tertiary alicyclic amines) is 1. The molecule has 0 aromatic carbocycles. The summed E-state index contributed by atoms with van der Waals surface area (Å²) in [6.45, 7) is 2.12. The molecule has 14 heavy (non-hydrogen) atoms. The first-order valence-electron chi connectivity index (χ1n) is 4.75. The first-order valence-corrected chi connectivity index (χ1v) is 4.75. The standard InChI is InChI=1S/C9H14N4O/c1-13-6-3-8(4-7-13)11-12-9(14)2-5-10/h2-4,6-7H2,1H3,(H,12,14)/p+1. The molecule has 76 valence electrons. The molecule has 0 bridgehead atoms. The highest BCUT2D eigenvalue weighted by molar-refractivity contribution is 5.87. The fourth-order valence-electron chi connectivity index (χ4n) is 1.33. The molecular weight excluding hydrogens is 180 g/mol. The van der Waals surface area contributed by atoms with Crippen molar-refractivity contribution in [1.29, 1.82) is 5.26 Å². The van der Waals surface area contributed by atoms with E-state index in [4.69, 9.17) is 5.26 Å². The van der Waals surface area contributed by atoms with Crippen molar-refractivity contribution in [2.24, 2.45) is 5.10 Å². The van der Waals surface area contributed by atoms with Gasteiger partial charge in [0.1, 0.15) is 6.42 Å². The van der Waals surface area contributed by atoms with E-state index in [1.165, 1.54) is 4.90 Å². The summed E-state index contributed by atoms with van der Waals surface area (Å²) < 4.78 is 0. The molecule has 0 aromatic heterocycles. The van der Waals surface area contributed by atoms with Crippen LogP contribution in [0.2, 0.25) is 0 Å². The van der Waals surface area contributed by atoms with Crippen molar-refractivity contribution in [2.45, 2.75) is 19.3 Å². The zero-order chi connectivity index (χ0) is 10.4. The molecule has 1 aliphatic rings. The first-order chi connectivity index (χ1) is 6.72. The van der Waals surface area contributed by atoms with Gasteiger partial charge >= 0.3 is 0 Å². The van der Waals surface area contributed by atoms with E-state index < -0.39 is 0 Å². The summed E-state index contributed by atoms with van der Waals surface area (Å²) >= 11 is 0. The summed E-state index contributed by atoms with van der Waals surface area (Å²) in [6.07, 6.45) is 1.74.